The largest absolute Gasteiger partial charge is 0.508 e. The fourth-order valence-corrected chi connectivity index (χ4v) is 8.20. The molecule has 0 bridgehead atoms. The first-order chi connectivity index (χ1) is 51.9. The van der Waals surface area contributed by atoms with Crippen molar-refractivity contribution in [2.45, 2.75) is 20.0 Å². The molecule has 0 saturated carbocycles. The SMILES string of the molecule is C=C1N=CC(Oc2ccc(C)cc2)=CN1.C=C1N=CC(Oc2ccc(N)cc2)=CN1.C=C1N=CC(Oc2ccc(O)cc2)=CN1.C=C1N=CC(Oc2cccc(C)c2)=CN1.C=C1N=CC(Oc2cccc(N)c2)=CN1.C=C1N=CC(Oc2ccccc2C(F)(F)F)=CN1.C=C1N=CC(Oc2ccccc2N)=CN1. The molecule has 550 valence electrons. The highest BCUT2D eigenvalue weighted by Crippen LogP contribution is 2.37. The van der Waals surface area contributed by atoms with Crippen molar-refractivity contribution in [2.24, 2.45) is 34.9 Å². The Morgan fingerprint density at radius 3 is 0.981 bits per heavy atom. The molecular weight excluding hydrogens is 1380 g/mol. The van der Waals surface area contributed by atoms with E-state index in [0.717, 1.165) is 23.3 Å². The van der Waals surface area contributed by atoms with Gasteiger partial charge in [0.1, 0.15) is 86.7 Å². The van der Waals surface area contributed by atoms with Crippen LogP contribution in [0, 0.1) is 13.8 Å². The van der Waals surface area contributed by atoms with Gasteiger partial charge in [-0.1, -0.05) is 106 Å². The number of nitrogens with zero attached hydrogens (tertiary/aromatic N) is 7. The first-order valence-corrected chi connectivity index (χ1v) is 32.2. The summed E-state index contributed by atoms with van der Waals surface area (Å²) in [4.78, 5) is 27.7. The predicted molar refractivity (Wildman–Crippen MR) is 421 cm³/mol. The Hall–Kier alpha value is -15.2. The van der Waals surface area contributed by atoms with E-state index in [2.05, 4.69) is 118 Å². The molecule has 7 aliphatic rings. The number of anilines is 3. The number of aliphatic imine (C=N–C) groups is 7. The highest BCUT2D eigenvalue weighted by Gasteiger charge is 2.34. The maximum absolute atomic E-state index is 12.7. The third-order valence-electron chi connectivity index (χ3n) is 13.4. The summed E-state index contributed by atoms with van der Waals surface area (Å²) in [5, 5.41) is 28.9. The molecule has 14 rings (SSSR count). The Balaban J connectivity index is 0.000000159. The van der Waals surface area contributed by atoms with Gasteiger partial charge in [-0.3, -0.25) is 0 Å². The summed E-state index contributed by atoms with van der Waals surface area (Å²) < 4.78 is 76.4. The number of nitrogens with two attached hydrogens (primary N) is 3. The average Bonchev–Trinajstić information content (AvgIpc) is 0.835. The molecule has 0 atom stereocenters. The van der Waals surface area contributed by atoms with Crippen LogP contribution in [0.1, 0.15) is 16.7 Å². The van der Waals surface area contributed by atoms with Crippen molar-refractivity contribution in [2.75, 3.05) is 17.2 Å². The lowest BCUT2D eigenvalue weighted by Crippen LogP contribution is -2.14. The van der Waals surface area contributed by atoms with E-state index >= 15 is 0 Å². The summed E-state index contributed by atoms with van der Waals surface area (Å²) in [6.07, 6.45) is 18.1. The number of benzene rings is 7. The predicted octanol–water partition coefficient (Wildman–Crippen LogP) is 14.5. The fourth-order valence-electron chi connectivity index (χ4n) is 8.20. The zero-order valence-corrected chi connectivity index (χ0v) is 58.5. The summed E-state index contributed by atoms with van der Waals surface area (Å²) in [7, 11) is 0. The molecular formula is C80H76F3N17O8. The van der Waals surface area contributed by atoms with E-state index in [9.17, 15) is 13.2 Å². The van der Waals surface area contributed by atoms with Gasteiger partial charge in [-0.2, -0.15) is 13.2 Å². The van der Waals surface area contributed by atoms with Gasteiger partial charge in [0, 0.05) is 60.8 Å². The number of hydrogen-bond donors (Lipinski definition) is 11. The van der Waals surface area contributed by atoms with E-state index in [4.69, 9.17) is 55.5 Å². The van der Waals surface area contributed by atoms with Gasteiger partial charge in [-0.05, 0) is 129 Å². The Labute approximate surface area is 621 Å². The molecule has 0 spiro atoms. The topological polar surface area (TPSA) is 334 Å². The quantitative estimate of drug-likeness (QED) is 0.0451. The van der Waals surface area contributed by atoms with Crippen molar-refractivity contribution in [3.8, 4) is 46.0 Å². The van der Waals surface area contributed by atoms with Crippen molar-refractivity contribution in [1.82, 2.24) is 37.2 Å². The van der Waals surface area contributed by atoms with Gasteiger partial charge in [-0.25, -0.2) is 34.9 Å². The first kappa shape index (κ1) is 78.5. The minimum absolute atomic E-state index is 0.180. The fraction of sp³-hybridized carbons (Fsp3) is 0.0375. The lowest BCUT2D eigenvalue weighted by molar-refractivity contribution is -0.138. The Morgan fingerprint density at radius 2 is 0.630 bits per heavy atom. The number of phenols is 1. The molecule has 0 fully saturated rings. The second-order valence-corrected chi connectivity index (χ2v) is 22.3. The number of rotatable bonds is 14. The number of allylic oxidation sites excluding steroid dienone is 7. The molecule has 7 aliphatic heterocycles. The number of nitrogen functional groups attached to an aromatic ring is 3. The van der Waals surface area contributed by atoms with E-state index in [1.165, 1.54) is 41.7 Å². The lowest BCUT2D eigenvalue weighted by Gasteiger charge is -2.15. The maximum atomic E-state index is 12.7. The number of para-hydroxylation sites is 3. The molecule has 25 nitrogen and oxygen atoms in total. The van der Waals surface area contributed by atoms with Crippen LogP contribution in [0.3, 0.4) is 0 Å². The van der Waals surface area contributed by atoms with Gasteiger partial charge in [0.05, 0.1) is 54.8 Å². The number of ether oxygens (including phenoxy) is 7. The van der Waals surface area contributed by atoms with Crippen molar-refractivity contribution in [1.29, 1.82) is 0 Å². The van der Waals surface area contributed by atoms with E-state index in [1.54, 1.807) is 147 Å². The molecule has 14 N–H and O–H groups in total. The Kier molecular flexibility index (Phi) is 29.0. The van der Waals surface area contributed by atoms with Gasteiger partial charge >= 0.3 is 6.18 Å². The molecule has 7 aromatic carbocycles. The molecule has 28 heteroatoms. The highest BCUT2D eigenvalue weighted by atomic mass is 19.4. The van der Waals surface area contributed by atoms with Crippen molar-refractivity contribution in [3.05, 3.63) is 357 Å². The smallest absolute Gasteiger partial charge is 0.419 e. The van der Waals surface area contributed by atoms with Gasteiger partial charge in [0.2, 0.25) is 0 Å². The summed E-state index contributed by atoms with van der Waals surface area (Å²) >= 11 is 0. The van der Waals surface area contributed by atoms with Crippen LogP contribution in [0.15, 0.2) is 375 Å². The zero-order valence-electron chi connectivity index (χ0n) is 58.5. The van der Waals surface area contributed by atoms with Crippen LogP contribution in [0.25, 0.3) is 0 Å². The zero-order chi connectivity index (χ0) is 77.2. The highest BCUT2D eigenvalue weighted by molar-refractivity contribution is 5.82. The molecule has 7 heterocycles. The standard InChI is InChI=1S/C12H9F3N2O.2C12H12N2O.3C11H11N3O.C11H10N2O2/c1-8-16-6-9(7-17-8)18-11-5-3-2-4-10(11)12(13,14)15;1-9-3-5-11(6-4-9)15-12-7-13-10(2)14-8-12;1-9-4-3-5-11(6-9)15-12-7-13-10(2)14-8-12;1-8-13-6-11(7-14-8)15-10-4-2-9(12)3-5-10;1-8-13-6-11(7-14-8)15-10-4-2-3-9(12)5-10;1-8-13-6-9(7-14-8)15-11-5-3-2-4-10(11)12;1-8-12-6-11(7-13-8)15-10-4-2-9(14)3-5-10/h2-7,16H,1H2;2*3-8,13H,2H2,1H3;3*2-7,13H,1,12H2;2-7,12,14H,1H2. The van der Waals surface area contributed by atoms with Gasteiger partial charge in [0.25, 0.3) is 0 Å². The van der Waals surface area contributed by atoms with Crippen LogP contribution in [-0.4, -0.2) is 48.6 Å². The van der Waals surface area contributed by atoms with Crippen LogP contribution >= 0.6 is 0 Å². The van der Waals surface area contributed by atoms with E-state index in [0.29, 0.717) is 110 Å². The van der Waals surface area contributed by atoms with Crippen LogP contribution < -0.4 is 87.6 Å². The number of hydrogen-bond acceptors (Lipinski definition) is 25. The molecule has 0 radical (unpaired) electrons. The number of phenolic OH excluding ortho intramolecular Hbond substituents is 1. The third kappa shape index (κ3) is 28.3. The number of aromatic hydroxyl groups is 1. The minimum atomic E-state index is -4.46. The third-order valence-corrected chi connectivity index (χ3v) is 13.4. The second kappa shape index (κ2) is 39.8. The van der Waals surface area contributed by atoms with Crippen LogP contribution in [0.4, 0.5) is 30.2 Å². The monoisotopic (exact) mass is 1460 g/mol. The summed E-state index contributed by atoms with van der Waals surface area (Å²) in [6, 6.07) is 48.8. The van der Waals surface area contributed by atoms with E-state index < -0.39 is 11.7 Å². The van der Waals surface area contributed by atoms with Gasteiger partial charge in [-0.15, -0.1) is 0 Å². The first-order valence-electron chi connectivity index (χ1n) is 32.2. The molecule has 0 amide bonds. The molecule has 0 aliphatic carbocycles. The van der Waals surface area contributed by atoms with E-state index in [-0.39, 0.29) is 17.3 Å². The molecule has 0 unspecified atom stereocenters. The molecule has 0 saturated heterocycles. The molecule has 108 heavy (non-hydrogen) atoms. The van der Waals surface area contributed by atoms with Crippen LogP contribution in [0.2, 0.25) is 0 Å². The maximum Gasteiger partial charge on any atom is 0.419 e. The summed E-state index contributed by atoms with van der Waals surface area (Å²) in [5.41, 5.74) is 20.4. The molecule has 0 aromatic heterocycles. The lowest BCUT2D eigenvalue weighted by atomic mass is 10.2. The van der Waals surface area contributed by atoms with Crippen molar-refractivity contribution >= 4 is 60.6 Å². The van der Waals surface area contributed by atoms with Crippen LogP contribution in [-0.2, 0) is 6.18 Å². The number of alkyl halides is 3. The van der Waals surface area contributed by atoms with E-state index in [1.807, 2.05) is 86.6 Å². The average molecular weight is 1460 g/mol. The summed E-state index contributed by atoms with van der Waals surface area (Å²) in [6.45, 7) is 29.5. The minimum Gasteiger partial charge on any atom is -0.508 e. The van der Waals surface area contributed by atoms with Crippen molar-refractivity contribution in [3.63, 3.8) is 0 Å². The summed E-state index contributed by atoms with van der Waals surface area (Å²) in [5.74, 6) is 12.1. The van der Waals surface area contributed by atoms with Crippen LogP contribution in [0.5, 0.6) is 46.0 Å². The number of aryl methyl sites for hydroxylation is 2. The van der Waals surface area contributed by atoms with Crippen molar-refractivity contribution < 1.29 is 51.4 Å². The molecule has 7 aromatic rings. The Bertz CT molecular complexity index is 4600. The Morgan fingerprint density at radius 1 is 0.315 bits per heavy atom. The van der Waals surface area contributed by atoms with Gasteiger partial charge < -0.3 is 92.7 Å². The normalized spacial score (nSPS) is 14.5. The number of nitrogens with one attached hydrogen (secondary N) is 7. The van der Waals surface area contributed by atoms with Gasteiger partial charge in [0.15, 0.2) is 40.3 Å². The number of halogens is 3. The second-order valence-electron chi connectivity index (χ2n) is 22.3.